The van der Waals surface area contributed by atoms with Gasteiger partial charge in [-0.1, -0.05) is 66.7 Å². The van der Waals surface area contributed by atoms with E-state index in [0.29, 0.717) is 24.1 Å². The Balaban J connectivity index is 1.81. The van der Waals surface area contributed by atoms with Crippen molar-refractivity contribution in [3.05, 3.63) is 102 Å². The Kier molecular flexibility index (Phi) is 5.21. The molecule has 3 rings (SSSR count). The number of pyridine rings is 1. The lowest BCUT2D eigenvalue weighted by Crippen LogP contribution is -2.46. The highest BCUT2D eigenvalue weighted by atomic mass is 16.3. The molecule has 0 unspecified atom stereocenters. The SMILES string of the molecule is O=C(NCCc1cccnc1)C(O)(c1ccccc1)c1ccccc1. The van der Waals surface area contributed by atoms with Gasteiger partial charge >= 0.3 is 0 Å². The van der Waals surface area contributed by atoms with Gasteiger partial charge in [0.25, 0.3) is 5.91 Å². The molecular formula is C21H20N2O2. The van der Waals surface area contributed by atoms with E-state index >= 15 is 0 Å². The Morgan fingerprint density at radius 1 is 0.920 bits per heavy atom. The molecule has 0 saturated carbocycles. The molecule has 2 aromatic carbocycles. The van der Waals surface area contributed by atoms with Gasteiger partial charge in [0, 0.05) is 18.9 Å². The highest BCUT2D eigenvalue weighted by molar-refractivity contribution is 5.90. The van der Waals surface area contributed by atoms with Crippen LogP contribution >= 0.6 is 0 Å². The lowest BCUT2D eigenvalue weighted by atomic mass is 9.85. The molecule has 0 atom stereocenters. The van der Waals surface area contributed by atoms with Crippen molar-refractivity contribution in [1.29, 1.82) is 0 Å². The third kappa shape index (κ3) is 3.75. The van der Waals surface area contributed by atoms with E-state index in [2.05, 4.69) is 10.3 Å². The minimum Gasteiger partial charge on any atom is -0.372 e. The second-order valence-electron chi connectivity index (χ2n) is 5.81. The number of aliphatic hydroxyl groups is 1. The topological polar surface area (TPSA) is 62.2 Å². The van der Waals surface area contributed by atoms with E-state index in [-0.39, 0.29) is 0 Å². The van der Waals surface area contributed by atoms with E-state index in [1.165, 1.54) is 0 Å². The molecular weight excluding hydrogens is 312 g/mol. The summed E-state index contributed by atoms with van der Waals surface area (Å²) in [4.78, 5) is 16.9. The first kappa shape index (κ1) is 16.9. The maximum atomic E-state index is 12.9. The number of rotatable bonds is 6. The highest BCUT2D eigenvalue weighted by Gasteiger charge is 2.39. The van der Waals surface area contributed by atoms with Crippen molar-refractivity contribution in [1.82, 2.24) is 10.3 Å². The summed E-state index contributed by atoms with van der Waals surface area (Å²) in [6.07, 6.45) is 4.14. The fourth-order valence-corrected chi connectivity index (χ4v) is 2.78. The van der Waals surface area contributed by atoms with Crippen LogP contribution < -0.4 is 5.32 Å². The van der Waals surface area contributed by atoms with Gasteiger partial charge < -0.3 is 10.4 Å². The zero-order chi connectivity index (χ0) is 17.5. The maximum absolute atomic E-state index is 12.9. The predicted octanol–water partition coefficient (Wildman–Crippen LogP) is 2.68. The standard InChI is InChI=1S/C21H20N2O2/c24-20(23-15-13-17-8-7-14-22-16-17)21(25,18-9-3-1-4-10-18)19-11-5-2-6-12-19/h1-12,14,16,25H,13,15H2,(H,23,24). The number of nitrogens with zero attached hydrogens (tertiary/aromatic N) is 1. The minimum absolute atomic E-state index is 0.423. The Labute approximate surface area is 147 Å². The van der Waals surface area contributed by atoms with Crippen LogP contribution in [0.2, 0.25) is 0 Å². The molecule has 1 heterocycles. The van der Waals surface area contributed by atoms with Gasteiger partial charge in [-0.3, -0.25) is 9.78 Å². The average molecular weight is 332 g/mol. The van der Waals surface area contributed by atoms with Gasteiger partial charge in [-0.15, -0.1) is 0 Å². The van der Waals surface area contributed by atoms with Crippen LogP contribution in [0.15, 0.2) is 85.2 Å². The minimum atomic E-state index is -1.72. The molecule has 2 N–H and O–H groups in total. The lowest BCUT2D eigenvalue weighted by molar-refractivity contribution is -0.136. The van der Waals surface area contributed by atoms with Crippen LogP contribution in [0.3, 0.4) is 0 Å². The molecule has 3 aromatic rings. The third-order valence-corrected chi connectivity index (χ3v) is 4.13. The fraction of sp³-hybridized carbons (Fsp3) is 0.143. The van der Waals surface area contributed by atoms with Crippen molar-refractivity contribution >= 4 is 5.91 Å². The van der Waals surface area contributed by atoms with Gasteiger partial charge in [0.05, 0.1) is 0 Å². The monoisotopic (exact) mass is 332 g/mol. The van der Waals surface area contributed by atoms with Crippen molar-refractivity contribution in [3.63, 3.8) is 0 Å². The van der Waals surface area contributed by atoms with Crippen LogP contribution in [0.4, 0.5) is 0 Å². The largest absolute Gasteiger partial charge is 0.372 e. The van der Waals surface area contributed by atoms with E-state index in [4.69, 9.17) is 0 Å². The zero-order valence-electron chi connectivity index (χ0n) is 13.8. The molecule has 0 aliphatic carbocycles. The van der Waals surface area contributed by atoms with Crippen molar-refractivity contribution in [2.75, 3.05) is 6.54 Å². The van der Waals surface area contributed by atoms with Gasteiger partial charge in [0.2, 0.25) is 0 Å². The normalized spacial score (nSPS) is 11.1. The van der Waals surface area contributed by atoms with Crippen molar-refractivity contribution in [3.8, 4) is 0 Å². The van der Waals surface area contributed by atoms with Crippen molar-refractivity contribution in [2.24, 2.45) is 0 Å². The van der Waals surface area contributed by atoms with Gasteiger partial charge in [-0.25, -0.2) is 0 Å². The maximum Gasteiger partial charge on any atom is 0.261 e. The number of amides is 1. The van der Waals surface area contributed by atoms with Gasteiger partial charge in [0.1, 0.15) is 0 Å². The summed E-state index contributed by atoms with van der Waals surface area (Å²) in [5.41, 5.74) is 0.392. The zero-order valence-corrected chi connectivity index (χ0v) is 13.8. The fourth-order valence-electron chi connectivity index (χ4n) is 2.78. The number of benzene rings is 2. The van der Waals surface area contributed by atoms with Gasteiger partial charge in [-0.2, -0.15) is 0 Å². The molecule has 0 aliphatic rings. The van der Waals surface area contributed by atoms with Crippen LogP contribution in [0.5, 0.6) is 0 Å². The number of nitrogens with one attached hydrogen (secondary N) is 1. The second-order valence-corrected chi connectivity index (χ2v) is 5.81. The lowest BCUT2D eigenvalue weighted by Gasteiger charge is -2.28. The first-order chi connectivity index (χ1) is 12.2. The quantitative estimate of drug-likeness (QED) is 0.729. The van der Waals surface area contributed by atoms with Crippen LogP contribution in [-0.2, 0) is 16.8 Å². The van der Waals surface area contributed by atoms with Crippen LogP contribution in [0, 0.1) is 0 Å². The molecule has 0 bridgehead atoms. The van der Waals surface area contributed by atoms with Gasteiger partial charge in [-0.05, 0) is 29.2 Å². The number of carbonyl (C=O) groups excluding carboxylic acids is 1. The van der Waals surface area contributed by atoms with E-state index in [1.54, 1.807) is 36.7 Å². The molecule has 25 heavy (non-hydrogen) atoms. The van der Waals surface area contributed by atoms with Crippen LogP contribution in [0.1, 0.15) is 16.7 Å². The number of hydrogen-bond acceptors (Lipinski definition) is 3. The summed E-state index contributed by atoms with van der Waals surface area (Å²) in [6, 6.07) is 21.8. The molecule has 0 aliphatic heterocycles. The summed E-state index contributed by atoms with van der Waals surface area (Å²) in [6.45, 7) is 0.423. The molecule has 1 aromatic heterocycles. The summed E-state index contributed by atoms with van der Waals surface area (Å²) < 4.78 is 0. The third-order valence-electron chi connectivity index (χ3n) is 4.13. The number of aromatic nitrogens is 1. The summed E-state index contributed by atoms with van der Waals surface area (Å²) >= 11 is 0. The first-order valence-corrected chi connectivity index (χ1v) is 8.22. The van der Waals surface area contributed by atoms with E-state index in [9.17, 15) is 9.90 Å². The smallest absolute Gasteiger partial charge is 0.261 e. The predicted molar refractivity (Wildman–Crippen MR) is 96.8 cm³/mol. The Morgan fingerprint density at radius 2 is 1.52 bits per heavy atom. The number of hydrogen-bond donors (Lipinski definition) is 2. The molecule has 0 radical (unpaired) electrons. The molecule has 0 fully saturated rings. The summed E-state index contributed by atoms with van der Waals surface area (Å²) in [7, 11) is 0. The molecule has 4 heteroatoms. The van der Waals surface area contributed by atoms with E-state index in [1.807, 2.05) is 48.5 Å². The van der Waals surface area contributed by atoms with Crippen molar-refractivity contribution in [2.45, 2.75) is 12.0 Å². The summed E-state index contributed by atoms with van der Waals surface area (Å²) in [5, 5.41) is 14.1. The Hall–Kier alpha value is -2.98. The molecule has 1 amide bonds. The van der Waals surface area contributed by atoms with Gasteiger partial charge in [0.15, 0.2) is 5.60 Å². The van der Waals surface area contributed by atoms with Crippen LogP contribution in [-0.4, -0.2) is 22.5 Å². The Bertz CT molecular complexity index is 766. The van der Waals surface area contributed by atoms with Crippen molar-refractivity contribution < 1.29 is 9.90 Å². The second kappa shape index (κ2) is 7.73. The number of carbonyl (C=O) groups is 1. The average Bonchev–Trinajstić information content (AvgIpc) is 2.69. The first-order valence-electron chi connectivity index (χ1n) is 8.22. The van der Waals surface area contributed by atoms with E-state index in [0.717, 1.165) is 5.56 Å². The van der Waals surface area contributed by atoms with Crippen LogP contribution in [0.25, 0.3) is 0 Å². The summed E-state index contributed by atoms with van der Waals surface area (Å²) in [5.74, 6) is -0.436. The molecule has 126 valence electrons. The molecule has 4 nitrogen and oxygen atoms in total. The molecule has 0 saturated heterocycles. The highest BCUT2D eigenvalue weighted by Crippen LogP contribution is 2.29. The van der Waals surface area contributed by atoms with E-state index < -0.39 is 11.5 Å². The molecule has 0 spiro atoms. The Morgan fingerprint density at radius 3 is 2.04 bits per heavy atom.